The van der Waals surface area contributed by atoms with Crippen LogP contribution in [0.4, 0.5) is 19.0 Å². The lowest BCUT2D eigenvalue weighted by Crippen LogP contribution is -2.24. The third-order valence-corrected chi connectivity index (χ3v) is 4.28. The number of pyridine rings is 1. The van der Waals surface area contributed by atoms with Crippen LogP contribution in [0.3, 0.4) is 0 Å². The van der Waals surface area contributed by atoms with Gasteiger partial charge in [-0.3, -0.25) is 0 Å². The summed E-state index contributed by atoms with van der Waals surface area (Å²) in [7, 11) is 0. The molecule has 18 heavy (non-hydrogen) atoms. The largest absolute Gasteiger partial charge is 0.433 e. The normalized spacial score (nSPS) is 26.3. The van der Waals surface area contributed by atoms with Gasteiger partial charge in [-0.25, -0.2) is 4.98 Å². The van der Waals surface area contributed by atoms with Crippen LogP contribution in [0.1, 0.15) is 17.7 Å². The van der Waals surface area contributed by atoms with Crippen LogP contribution in [-0.4, -0.2) is 18.1 Å². The van der Waals surface area contributed by atoms with E-state index in [1.54, 1.807) is 6.07 Å². The minimum Gasteiger partial charge on any atom is -0.356 e. The maximum Gasteiger partial charge on any atom is 0.433 e. The van der Waals surface area contributed by atoms with Crippen molar-refractivity contribution in [2.45, 2.75) is 17.9 Å². The first kappa shape index (κ1) is 12.3. The molecule has 2 heterocycles. The number of alkyl halides is 4. The number of fused-ring (bicyclic) bond motifs is 1. The van der Waals surface area contributed by atoms with Gasteiger partial charge in [0, 0.05) is 18.4 Å². The van der Waals surface area contributed by atoms with E-state index in [0.717, 1.165) is 13.1 Å². The molecule has 98 valence electrons. The average molecular weight is 321 g/mol. The molecule has 1 aromatic heterocycles. The summed E-state index contributed by atoms with van der Waals surface area (Å²) in [4.78, 5) is 5.79. The molecule has 1 saturated heterocycles. The number of anilines is 1. The maximum absolute atomic E-state index is 12.9. The molecule has 2 nitrogen and oxygen atoms in total. The van der Waals surface area contributed by atoms with Gasteiger partial charge in [0.1, 0.15) is 5.82 Å². The van der Waals surface area contributed by atoms with E-state index in [1.807, 2.05) is 4.90 Å². The topological polar surface area (TPSA) is 16.1 Å². The summed E-state index contributed by atoms with van der Waals surface area (Å²) in [5.74, 6) is 1.81. The highest BCUT2D eigenvalue weighted by Crippen LogP contribution is 2.46. The molecule has 0 radical (unpaired) electrons. The molecule has 3 rings (SSSR count). The molecule has 2 atom stereocenters. The molecule has 2 fully saturated rings. The van der Waals surface area contributed by atoms with Crippen LogP contribution >= 0.6 is 15.9 Å². The van der Waals surface area contributed by atoms with Crippen LogP contribution in [0, 0.1) is 11.8 Å². The van der Waals surface area contributed by atoms with Gasteiger partial charge in [-0.1, -0.05) is 22.0 Å². The van der Waals surface area contributed by atoms with Crippen molar-refractivity contribution in [2.75, 3.05) is 18.0 Å². The Bertz CT molecular complexity index is 465. The number of nitrogens with zero attached hydrogens (tertiary/aromatic N) is 2. The molecule has 0 bridgehead atoms. The molecule has 1 aliphatic heterocycles. The molecule has 1 aliphatic carbocycles. The first-order chi connectivity index (χ1) is 8.49. The van der Waals surface area contributed by atoms with E-state index in [2.05, 4.69) is 20.9 Å². The fraction of sp³-hybridized carbons (Fsp3) is 0.583. The highest BCUT2D eigenvalue weighted by molar-refractivity contribution is 9.08. The number of halogens is 4. The Morgan fingerprint density at radius 1 is 1.28 bits per heavy atom. The summed E-state index contributed by atoms with van der Waals surface area (Å²) in [5.41, 5.74) is -0.576. The molecular weight excluding hydrogens is 309 g/mol. The highest BCUT2D eigenvalue weighted by atomic mass is 79.9. The third kappa shape index (κ3) is 2.11. The predicted octanol–water partition coefficient (Wildman–Crippen LogP) is 3.45. The Balaban J connectivity index is 1.92. The Morgan fingerprint density at radius 2 is 1.94 bits per heavy atom. The second kappa shape index (κ2) is 4.11. The van der Waals surface area contributed by atoms with Crippen LogP contribution in [0.5, 0.6) is 0 Å². The molecular formula is C12H12BrF3N2. The molecule has 0 amide bonds. The Kier molecular flexibility index (Phi) is 2.80. The van der Waals surface area contributed by atoms with Crippen molar-refractivity contribution in [1.29, 1.82) is 0 Å². The average Bonchev–Trinajstić information content (AvgIpc) is 2.94. The van der Waals surface area contributed by atoms with Gasteiger partial charge in [-0.05, 0) is 29.9 Å². The number of hydrogen-bond acceptors (Lipinski definition) is 2. The predicted molar refractivity (Wildman–Crippen MR) is 65.7 cm³/mol. The molecule has 1 saturated carbocycles. The summed E-state index contributed by atoms with van der Waals surface area (Å²) < 4.78 is 38.7. The summed E-state index contributed by atoms with van der Waals surface area (Å²) in [5, 5.41) is 0.167. The van der Waals surface area contributed by atoms with Crippen LogP contribution in [-0.2, 0) is 11.5 Å². The highest BCUT2D eigenvalue weighted by Gasteiger charge is 2.46. The fourth-order valence-corrected chi connectivity index (χ4v) is 3.04. The molecule has 1 aromatic rings. The lowest BCUT2D eigenvalue weighted by atomic mass is 10.2. The van der Waals surface area contributed by atoms with Crippen molar-refractivity contribution in [3.63, 3.8) is 0 Å². The first-order valence-corrected chi connectivity index (χ1v) is 6.99. The van der Waals surface area contributed by atoms with Gasteiger partial charge in [0.15, 0.2) is 5.69 Å². The van der Waals surface area contributed by atoms with E-state index in [9.17, 15) is 13.2 Å². The van der Waals surface area contributed by atoms with Crippen LogP contribution in [0.2, 0.25) is 0 Å². The van der Waals surface area contributed by atoms with Crippen LogP contribution < -0.4 is 4.90 Å². The van der Waals surface area contributed by atoms with Gasteiger partial charge >= 0.3 is 6.18 Å². The van der Waals surface area contributed by atoms with Crippen molar-refractivity contribution in [2.24, 2.45) is 11.8 Å². The first-order valence-electron chi connectivity index (χ1n) is 5.87. The van der Waals surface area contributed by atoms with Crippen molar-refractivity contribution in [3.8, 4) is 0 Å². The minimum absolute atomic E-state index is 0.167. The number of hydrogen-bond donors (Lipinski definition) is 0. The molecule has 0 N–H and O–H groups in total. The maximum atomic E-state index is 12.9. The molecule has 2 aliphatic rings. The fourth-order valence-electron chi connectivity index (χ4n) is 2.59. The zero-order valence-corrected chi connectivity index (χ0v) is 11.1. The van der Waals surface area contributed by atoms with E-state index in [1.165, 1.54) is 12.5 Å². The van der Waals surface area contributed by atoms with Crippen LogP contribution in [0.15, 0.2) is 12.1 Å². The smallest absolute Gasteiger partial charge is 0.356 e. The summed E-state index contributed by atoms with van der Waals surface area (Å²) in [6, 6.07) is 3.21. The Morgan fingerprint density at radius 3 is 2.50 bits per heavy atom. The van der Waals surface area contributed by atoms with Gasteiger partial charge in [0.2, 0.25) is 0 Å². The van der Waals surface area contributed by atoms with Crippen LogP contribution in [0.25, 0.3) is 0 Å². The number of rotatable bonds is 2. The number of piperidine rings is 1. The Labute approximate surface area is 111 Å². The lowest BCUT2D eigenvalue weighted by Gasteiger charge is -2.21. The van der Waals surface area contributed by atoms with Crippen molar-refractivity contribution in [3.05, 3.63) is 23.4 Å². The Hall–Kier alpha value is -0.780. The molecule has 0 spiro atoms. The summed E-state index contributed by atoms with van der Waals surface area (Å²) >= 11 is 3.07. The molecule has 0 aromatic carbocycles. The minimum atomic E-state index is -4.39. The third-order valence-electron chi connectivity index (χ3n) is 3.68. The monoisotopic (exact) mass is 320 g/mol. The zero-order chi connectivity index (χ0) is 12.9. The number of aromatic nitrogens is 1. The standard InChI is InChI=1S/C12H12BrF3N2/c13-4-7-1-2-10(17-11(7)12(14,15)16)18-5-8-3-9(8)6-18/h1-2,8-9H,3-6H2. The van der Waals surface area contributed by atoms with E-state index < -0.39 is 11.9 Å². The van der Waals surface area contributed by atoms with Crippen molar-refractivity contribution >= 4 is 21.7 Å². The second-order valence-electron chi connectivity index (χ2n) is 4.97. The van der Waals surface area contributed by atoms with Gasteiger partial charge in [0.05, 0.1) is 0 Å². The van der Waals surface area contributed by atoms with Crippen molar-refractivity contribution in [1.82, 2.24) is 4.98 Å². The van der Waals surface area contributed by atoms with Crippen molar-refractivity contribution < 1.29 is 13.2 Å². The zero-order valence-electron chi connectivity index (χ0n) is 9.54. The van der Waals surface area contributed by atoms with E-state index in [-0.39, 0.29) is 10.9 Å². The van der Waals surface area contributed by atoms with Gasteiger partial charge in [-0.15, -0.1) is 0 Å². The quantitative estimate of drug-likeness (QED) is 0.776. The van der Waals surface area contributed by atoms with E-state index in [4.69, 9.17) is 0 Å². The van der Waals surface area contributed by atoms with Gasteiger partial charge in [0.25, 0.3) is 0 Å². The SMILES string of the molecule is FC(F)(F)c1nc(N2CC3CC3C2)ccc1CBr. The lowest BCUT2D eigenvalue weighted by molar-refractivity contribution is -0.141. The summed E-state index contributed by atoms with van der Waals surface area (Å²) in [6.07, 6.45) is -3.16. The molecule has 6 heteroatoms. The molecule has 2 unspecified atom stereocenters. The summed E-state index contributed by atoms with van der Waals surface area (Å²) in [6.45, 7) is 1.70. The van der Waals surface area contributed by atoms with E-state index >= 15 is 0 Å². The van der Waals surface area contributed by atoms with Gasteiger partial charge in [-0.2, -0.15) is 13.2 Å². The van der Waals surface area contributed by atoms with Gasteiger partial charge < -0.3 is 4.90 Å². The van der Waals surface area contributed by atoms with E-state index in [0.29, 0.717) is 17.7 Å². The second-order valence-corrected chi connectivity index (χ2v) is 5.53.